The third kappa shape index (κ3) is 3.63. The molecule has 112 valence electrons. The van der Waals surface area contributed by atoms with Gasteiger partial charge in [0.15, 0.2) is 0 Å². The molecule has 4 nitrogen and oxygen atoms in total. The zero-order chi connectivity index (χ0) is 15.4. The average molecular weight is 285 g/mol. The summed E-state index contributed by atoms with van der Waals surface area (Å²) in [7, 11) is 2.09. The molecule has 0 aromatic heterocycles. The van der Waals surface area contributed by atoms with E-state index >= 15 is 0 Å². The molecule has 1 aromatic rings. The van der Waals surface area contributed by atoms with E-state index in [0.29, 0.717) is 12.1 Å². The van der Waals surface area contributed by atoms with Crippen LogP contribution in [0.15, 0.2) is 18.2 Å². The summed E-state index contributed by atoms with van der Waals surface area (Å²) in [6.45, 7) is 6.96. The fourth-order valence-corrected chi connectivity index (χ4v) is 2.69. The van der Waals surface area contributed by atoms with Crippen LogP contribution in [0.1, 0.15) is 28.4 Å². The van der Waals surface area contributed by atoms with Gasteiger partial charge in [-0.15, -0.1) is 0 Å². The fraction of sp³-hybridized carbons (Fsp3) is 0.471. The summed E-state index contributed by atoms with van der Waals surface area (Å²) in [5.74, 6) is 5.94. The standard InChI is InChI=1S/C17H23N3O/c1-13-6-7-16(15(11-13)5-4-8-18)17(21)20-10-9-19(3)12-14(20)2/h6-7,11,14H,8-10,12,18H2,1-3H3. The maximum Gasteiger partial charge on any atom is 0.255 e. The van der Waals surface area contributed by atoms with Gasteiger partial charge in [-0.3, -0.25) is 4.79 Å². The smallest absolute Gasteiger partial charge is 0.255 e. The third-order valence-corrected chi connectivity index (χ3v) is 3.82. The lowest BCUT2D eigenvalue weighted by atomic mass is 10.0. The van der Waals surface area contributed by atoms with E-state index in [2.05, 4.69) is 30.7 Å². The molecule has 2 N–H and O–H groups in total. The number of hydrogen-bond donors (Lipinski definition) is 1. The Kier molecular flexibility index (Phi) is 5.00. The molecule has 1 fully saturated rings. The van der Waals surface area contributed by atoms with Gasteiger partial charge >= 0.3 is 0 Å². The van der Waals surface area contributed by atoms with Gasteiger partial charge in [0.2, 0.25) is 0 Å². The molecule has 1 aromatic carbocycles. The van der Waals surface area contributed by atoms with Crippen LogP contribution < -0.4 is 5.73 Å². The van der Waals surface area contributed by atoms with Crippen molar-refractivity contribution in [3.63, 3.8) is 0 Å². The van der Waals surface area contributed by atoms with Gasteiger partial charge in [0.05, 0.1) is 12.1 Å². The molecule has 1 amide bonds. The lowest BCUT2D eigenvalue weighted by Crippen LogP contribution is -2.52. The van der Waals surface area contributed by atoms with Crippen LogP contribution >= 0.6 is 0 Å². The number of piperazine rings is 1. The van der Waals surface area contributed by atoms with Gasteiger partial charge in [-0.2, -0.15) is 0 Å². The predicted molar refractivity (Wildman–Crippen MR) is 85.1 cm³/mol. The number of nitrogens with two attached hydrogens (primary N) is 1. The molecule has 1 aliphatic rings. The van der Waals surface area contributed by atoms with Crippen LogP contribution in [0.4, 0.5) is 0 Å². The topological polar surface area (TPSA) is 49.6 Å². The molecule has 0 saturated carbocycles. The van der Waals surface area contributed by atoms with Gasteiger partial charge in [-0.25, -0.2) is 0 Å². The average Bonchev–Trinajstić information content (AvgIpc) is 2.44. The molecular weight excluding hydrogens is 262 g/mol. The third-order valence-electron chi connectivity index (χ3n) is 3.82. The van der Waals surface area contributed by atoms with E-state index < -0.39 is 0 Å². The van der Waals surface area contributed by atoms with Crippen LogP contribution in [-0.4, -0.2) is 55.0 Å². The molecule has 0 radical (unpaired) electrons. The highest BCUT2D eigenvalue weighted by Gasteiger charge is 2.27. The molecule has 2 rings (SSSR count). The van der Waals surface area contributed by atoms with Crippen LogP contribution in [-0.2, 0) is 0 Å². The van der Waals surface area contributed by atoms with Crippen molar-refractivity contribution in [2.75, 3.05) is 33.2 Å². The number of nitrogens with zero attached hydrogens (tertiary/aromatic N) is 2. The molecular formula is C17H23N3O. The minimum absolute atomic E-state index is 0.0666. The maximum atomic E-state index is 12.8. The van der Waals surface area contributed by atoms with E-state index in [9.17, 15) is 4.79 Å². The SMILES string of the molecule is Cc1ccc(C(=O)N2CCN(C)CC2C)c(C#CCN)c1. The molecule has 4 heteroatoms. The van der Waals surface area contributed by atoms with Crippen LogP contribution in [0, 0.1) is 18.8 Å². The van der Waals surface area contributed by atoms with E-state index in [1.165, 1.54) is 0 Å². The van der Waals surface area contributed by atoms with E-state index in [-0.39, 0.29) is 11.9 Å². The molecule has 1 saturated heterocycles. The number of likely N-dealkylation sites (N-methyl/N-ethyl adjacent to an activating group) is 1. The summed E-state index contributed by atoms with van der Waals surface area (Å²) in [6, 6.07) is 6.01. The maximum absolute atomic E-state index is 12.8. The Morgan fingerprint density at radius 3 is 2.86 bits per heavy atom. The summed E-state index contributed by atoms with van der Waals surface area (Å²) in [6.07, 6.45) is 0. The first-order chi connectivity index (χ1) is 10.0. The van der Waals surface area contributed by atoms with Crippen LogP contribution in [0.25, 0.3) is 0 Å². The van der Waals surface area contributed by atoms with Crippen molar-refractivity contribution >= 4 is 5.91 Å². The predicted octanol–water partition coefficient (Wildman–Crippen LogP) is 1.08. The second-order valence-corrected chi connectivity index (χ2v) is 5.66. The Labute approximate surface area is 126 Å². The van der Waals surface area contributed by atoms with Crippen molar-refractivity contribution in [2.24, 2.45) is 5.73 Å². The second kappa shape index (κ2) is 6.75. The van der Waals surface area contributed by atoms with Gasteiger partial charge < -0.3 is 15.5 Å². The number of carbonyl (C=O) groups excluding carboxylic acids is 1. The summed E-state index contributed by atoms with van der Waals surface area (Å²) in [4.78, 5) is 17.0. The highest BCUT2D eigenvalue weighted by molar-refractivity contribution is 5.97. The molecule has 1 aliphatic heterocycles. The number of hydrogen-bond acceptors (Lipinski definition) is 3. The first-order valence-electron chi connectivity index (χ1n) is 7.32. The summed E-state index contributed by atoms with van der Waals surface area (Å²) in [5.41, 5.74) is 8.00. The van der Waals surface area contributed by atoms with Gasteiger partial charge in [0.25, 0.3) is 5.91 Å². The van der Waals surface area contributed by atoms with E-state index in [1.807, 2.05) is 30.0 Å². The monoisotopic (exact) mass is 285 g/mol. The van der Waals surface area contributed by atoms with Crippen LogP contribution in [0.2, 0.25) is 0 Å². The number of amides is 1. The normalized spacial score (nSPS) is 19.0. The summed E-state index contributed by atoms with van der Waals surface area (Å²) < 4.78 is 0. The Bertz CT molecular complexity index is 585. The van der Waals surface area contributed by atoms with Crippen molar-refractivity contribution in [3.8, 4) is 11.8 Å². The molecule has 1 heterocycles. The Morgan fingerprint density at radius 2 is 2.19 bits per heavy atom. The minimum Gasteiger partial charge on any atom is -0.333 e. The molecule has 1 atom stereocenters. The first-order valence-corrected chi connectivity index (χ1v) is 7.32. The Hall–Kier alpha value is -1.83. The van der Waals surface area contributed by atoms with E-state index in [4.69, 9.17) is 5.73 Å². The Morgan fingerprint density at radius 1 is 1.43 bits per heavy atom. The summed E-state index contributed by atoms with van der Waals surface area (Å²) in [5, 5.41) is 0. The first kappa shape index (κ1) is 15.6. The van der Waals surface area contributed by atoms with Gasteiger partial charge in [0, 0.05) is 31.2 Å². The van der Waals surface area contributed by atoms with Gasteiger partial charge in [-0.05, 0) is 38.6 Å². The molecule has 0 aliphatic carbocycles. The van der Waals surface area contributed by atoms with E-state index in [1.54, 1.807) is 0 Å². The van der Waals surface area contributed by atoms with Crippen molar-refractivity contribution < 1.29 is 4.79 Å². The van der Waals surface area contributed by atoms with Crippen LogP contribution in [0.3, 0.4) is 0 Å². The number of benzene rings is 1. The number of aryl methyl sites for hydroxylation is 1. The summed E-state index contributed by atoms with van der Waals surface area (Å²) >= 11 is 0. The molecule has 0 bridgehead atoms. The Balaban J connectivity index is 2.30. The zero-order valence-corrected chi connectivity index (χ0v) is 13.0. The molecule has 0 spiro atoms. The zero-order valence-electron chi connectivity index (χ0n) is 13.0. The van der Waals surface area contributed by atoms with Crippen LogP contribution in [0.5, 0.6) is 0 Å². The number of rotatable bonds is 1. The van der Waals surface area contributed by atoms with Gasteiger partial charge in [0.1, 0.15) is 0 Å². The van der Waals surface area contributed by atoms with Crippen molar-refractivity contribution in [3.05, 3.63) is 34.9 Å². The fourth-order valence-electron chi connectivity index (χ4n) is 2.69. The van der Waals surface area contributed by atoms with Crippen molar-refractivity contribution in [2.45, 2.75) is 19.9 Å². The van der Waals surface area contributed by atoms with Crippen molar-refractivity contribution in [1.82, 2.24) is 9.80 Å². The molecule has 21 heavy (non-hydrogen) atoms. The van der Waals surface area contributed by atoms with Crippen molar-refractivity contribution in [1.29, 1.82) is 0 Å². The quantitative estimate of drug-likeness (QED) is 0.786. The highest BCUT2D eigenvalue weighted by Crippen LogP contribution is 2.17. The largest absolute Gasteiger partial charge is 0.333 e. The minimum atomic E-state index is 0.0666. The number of carbonyl (C=O) groups is 1. The second-order valence-electron chi connectivity index (χ2n) is 5.66. The van der Waals surface area contributed by atoms with Gasteiger partial charge in [-0.1, -0.05) is 17.9 Å². The molecule has 1 unspecified atom stereocenters. The van der Waals surface area contributed by atoms with E-state index in [0.717, 1.165) is 30.8 Å². The lowest BCUT2D eigenvalue weighted by molar-refractivity contribution is 0.0533. The highest BCUT2D eigenvalue weighted by atomic mass is 16.2. The lowest BCUT2D eigenvalue weighted by Gasteiger charge is -2.38.